The van der Waals surface area contributed by atoms with E-state index in [2.05, 4.69) is 5.32 Å². The normalized spacial score (nSPS) is 22.9. The minimum absolute atomic E-state index is 0.145. The third kappa shape index (κ3) is 7.79. The van der Waals surface area contributed by atoms with Gasteiger partial charge in [-0.2, -0.15) is 0 Å². The standard InChI is InChI=1S/C14H27NO5/c1-18-8-9-20-11-10-19-7-6-15-13-4-2-12(3-5-13)14(16)17/h12-13,15H,2-11H2,1H3,(H,16,17). The van der Waals surface area contributed by atoms with E-state index >= 15 is 0 Å². The van der Waals surface area contributed by atoms with Crippen LogP contribution >= 0.6 is 0 Å². The van der Waals surface area contributed by atoms with Gasteiger partial charge in [0.2, 0.25) is 0 Å². The summed E-state index contributed by atoms with van der Waals surface area (Å²) in [6.45, 7) is 3.86. The molecule has 0 heterocycles. The summed E-state index contributed by atoms with van der Waals surface area (Å²) >= 11 is 0. The van der Waals surface area contributed by atoms with Crippen LogP contribution in [0.4, 0.5) is 0 Å². The molecule has 1 saturated carbocycles. The summed E-state index contributed by atoms with van der Waals surface area (Å²) in [4.78, 5) is 10.8. The molecule has 0 spiro atoms. The van der Waals surface area contributed by atoms with Gasteiger partial charge in [-0.3, -0.25) is 4.79 Å². The Morgan fingerprint density at radius 2 is 1.65 bits per heavy atom. The topological polar surface area (TPSA) is 77.0 Å². The molecular weight excluding hydrogens is 262 g/mol. The lowest BCUT2D eigenvalue weighted by atomic mass is 9.86. The Morgan fingerprint density at radius 1 is 1.05 bits per heavy atom. The van der Waals surface area contributed by atoms with Crippen LogP contribution < -0.4 is 5.32 Å². The third-order valence-corrected chi connectivity index (χ3v) is 3.56. The summed E-state index contributed by atoms with van der Waals surface area (Å²) in [5, 5.41) is 12.3. The Kier molecular flexibility index (Phi) is 9.57. The number of methoxy groups -OCH3 is 1. The summed E-state index contributed by atoms with van der Waals surface area (Å²) < 4.78 is 15.6. The smallest absolute Gasteiger partial charge is 0.306 e. The van der Waals surface area contributed by atoms with Gasteiger partial charge < -0.3 is 24.6 Å². The number of hydrogen-bond acceptors (Lipinski definition) is 5. The van der Waals surface area contributed by atoms with Crippen molar-refractivity contribution in [2.24, 2.45) is 5.92 Å². The maximum atomic E-state index is 10.8. The first-order chi connectivity index (χ1) is 9.74. The van der Waals surface area contributed by atoms with Crippen LogP contribution in [0.1, 0.15) is 25.7 Å². The predicted octanol–water partition coefficient (Wildman–Crippen LogP) is 0.899. The van der Waals surface area contributed by atoms with Crippen molar-refractivity contribution < 1.29 is 24.1 Å². The number of carboxylic acids is 1. The molecule has 1 aliphatic rings. The van der Waals surface area contributed by atoms with Crippen LogP contribution in [0.5, 0.6) is 0 Å². The average Bonchev–Trinajstić information content (AvgIpc) is 2.46. The number of ether oxygens (including phenoxy) is 3. The zero-order valence-electron chi connectivity index (χ0n) is 12.3. The summed E-state index contributed by atoms with van der Waals surface area (Å²) in [6, 6.07) is 0.437. The molecule has 0 aliphatic heterocycles. The Bertz CT molecular complexity index is 254. The highest BCUT2D eigenvalue weighted by atomic mass is 16.5. The van der Waals surface area contributed by atoms with Crippen LogP contribution in [-0.2, 0) is 19.0 Å². The second kappa shape index (κ2) is 11.0. The van der Waals surface area contributed by atoms with Gasteiger partial charge >= 0.3 is 5.97 Å². The van der Waals surface area contributed by atoms with Gasteiger partial charge in [0.25, 0.3) is 0 Å². The molecule has 0 bridgehead atoms. The molecule has 1 fully saturated rings. The van der Waals surface area contributed by atoms with Crippen molar-refractivity contribution in [3.8, 4) is 0 Å². The lowest BCUT2D eigenvalue weighted by Crippen LogP contribution is -2.36. The molecular formula is C14H27NO5. The van der Waals surface area contributed by atoms with E-state index in [4.69, 9.17) is 19.3 Å². The van der Waals surface area contributed by atoms with Crippen molar-refractivity contribution in [1.29, 1.82) is 0 Å². The first kappa shape index (κ1) is 17.4. The molecule has 0 aromatic carbocycles. The fourth-order valence-electron chi connectivity index (χ4n) is 2.34. The second-order valence-corrected chi connectivity index (χ2v) is 5.06. The molecule has 20 heavy (non-hydrogen) atoms. The summed E-state index contributed by atoms with van der Waals surface area (Å²) in [5.74, 6) is -0.797. The quantitative estimate of drug-likeness (QED) is 0.550. The minimum atomic E-state index is -0.653. The van der Waals surface area contributed by atoms with Crippen molar-refractivity contribution in [3.05, 3.63) is 0 Å². The van der Waals surface area contributed by atoms with Crippen LogP contribution in [0.3, 0.4) is 0 Å². The van der Waals surface area contributed by atoms with E-state index in [-0.39, 0.29) is 5.92 Å². The van der Waals surface area contributed by atoms with Gasteiger partial charge in [0, 0.05) is 19.7 Å². The van der Waals surface area contributed by atoms with E-state index < -0.39 is 5.97 Å². The van der Waals surface area contributed by atoms with Gasteiger partial charge in [-0.15, -0.1) is 0 Å². The van der Waals surface area contributed by atoms with Crippen LogP contribution in [-0.4, -0.2) is 63.8 Å². The fraction of sp³-hybridized carbons (Fsp3) is 0.929. The van der Waals surface area contributed by atoms with E-state index in [9.17, 15) is 4.79 Å². The Labute approximate surface area is 120 Å². The molecule has 6 nitrogen and oxygen atoms in total. The SMILES string of the molecule is COCCOCCOCCNC1CCC(C(=O)O)CC1. The molecule has 0 radical (unpaired) electrons. The lowest BCUT2D eigenvalue weighted by molar-refractivity contribution is -0.142. The summed E-state index contributed by atoms with van der Waals surface area (Å²) in [6.07, 6.45) is 3.44. The summed E-state index contributed by atoms with van der Waals surface area (Å²) in [5.41, 5.74) is 0. The maximum absolute atomic E-state index is 10.8. The molecule has 6 heteroatoms. The second-order valence-electron chi connectivity index (χ2n) is 5.06. The molecule has 0 atom stereocenters. The highest BCUT2D eigenvalue weighted by Crippen LogP contribution is 2.24. The number of hydrogen-bond donors (Lipinski definition) is 2. The number of carboxylic acid groups (broad SMARTS) is 1. The van der Waals surface area contributed by atoms with E-state index in [1.165, 1.54) is 0 Å². The number of nitrogens with one attached hydrogen (secondary N) is 1. The van der Waals surface area contributed by atoms with E-state index in [0.717, 1.165) is 32.2 Å². The molecule has 1 rings (SSSR count). The molecule has 0 saturated heterocycles. The van der Waals surface area contributed by atoms with Crippen LogP contribution in [0.25, 0.3) is 0 Å². The highest BCUT2D eigenvalue weighted by molar-refractivity contribution is 5.70. The number of carbonyl (C=O) groups is 1. The monoisotopic (exact) mass is 289 g/mol. The lowest BCUT2D eigenvalue weighted by Gasteiger charge is -2.26. The Balaban J connectivity index is 1.86. The Morgan fingerprint density at radius 3 is 2.25 bits per heavy atom. The average molecular weight is 289 g/mol. The van der Waals surface area contributed by atoms with Crippen LogP contribution in [0, 0.1) is 5.92 Å². The van der Waals surface area contributed by atoms with Gasteiger partial charge in [0.1, 0.15) is 0 Å². The molecule has 0 aromatic rings. The fourth-order valence-corrected chi connectivity index (χ4v) is 2.34. The van der Waals surface area contributed by atoms with Gasteiger partial charge in [0.15, 0.2) is 0 Å². The van der Waals surface area contributed by atoms with Gasteiger partial charge in [0.05, 0.1) is 39.0 Å². The van der Waals surface area contributed by atoms with Crippen molar-refractivity contribution in [1.82, 2.24) is 5.32 Å². The van der Waals surface area contributed by atoms with Crippen LogP contribution in [0.15, 0.2) is 0 Å². The summed E-state index contributed by atoms with van der Waals surface area (Å²) in [7, 11) is 1.65. The highest BCUT2D eigenvalue weighted by Gasteiger charge is 2.25. The zero-order chi connectivity index (χ0) is 14.6. The van der Waals surface area contributed by atoms with Crippen molar-refractivity contribution in [2.45, 2.75) is 31.7 Å². The van der Waals surface area contributed by atoms with E-state index in [1.807, 2.05) is 0 Å². The molecule has 0 amide bonds. The van der Waals surface area contributed by atoms with Gasteiger partial charge in [-0.1, -0.05) is 0 Å². The van der Waals surface area contributed by atoms with Crippen molar-refractivity contribution >= 4 is 5.97 Å². The Hall–Kier alpha value is -0.690. The number of aliphatic carboxylic acids is 1. The first-order valence-electron chi connectivity index (χ1n) is 7.34. The molecule has 0 unspecified atom stereocenters. The minimum Gasteiger partial charge on any atom is -0.481 e. The molecule has 0 aromatic heterocycles. The largest absolute Gasteiger partial charge is 0.481 e. The van der Waals surface area contributed by atoms with Crippen molar-refractivity contribution in [2.75, 3.05) is 46.7 Å². The molecule has 118 valence electrons. The zero-order valence-corrected chi connectivity index (χ0v) is 12.3. The van der Waals surface area contributed by atoms with E-state index in [0.29, 0.717) is 39.1 Å². The third-order valence-electron chi connectivity index (χ3n) is 3.56. The predicted molar refractivity (Wildman–Crippen MR) is 74.9 cm³/mol. The first-order valence-corrected chi connectivity index (χ1v) is 7.34. The van der Waals surface area contributed by atoms with Gasteiger partial charge in [-0.05, 0) is 25.7 Å². The number of rotatable bonds is 11. The maximum Gasteiger partial charge on any atom is 0.306 e. The molecule has 1 aliphatic carbocycles. The van der Waals surface area contributed by atoms with Crippen LogP contribution in [0.2, 0.25) is 0 Å². The van der Waals surface area contributed by atoms with Gasteiger partial charge in [-0.25, -0.2) is 0 Å². The van der Waals surface area contributed by atoms with E-state index in [1.54, 1.807) is 7.11 Å². The van der Waals surface area contributed by atoms with Crippen molar-refractivity contribution in [3.63, 3.8) is 0 Å². The molecule has 2 N–H and O–H groups in total.